The van der Waals surface area contributed by atoms with E-state index in [0.717, 1.165) is 30.6 Å². The van der Waals surface area contributed by atoms with Gasteiger partial charge in [0.25, 0.3) is 5.84 Å². The summed E-state index contributed by atoms with van der Waals surface area (Å²) in [6.45, 7) is 3.92. The van der Waals surface area contributed by atoms with E-state index in [-0.39, 0.29) is 29.5 Å². The molecule has 1 saturated carbocycles. The van der Waals surface area contributed by atoms with Crippen LogP contribution in [-0.4, -0.2) is 69.9 Å². The predicted octanol–water partition coefficient (Wildman–Crippen LogP) is 1.88. The van der Waals surface area contributed by atoms with Crippen LogP contribution in [0.5, 0.6) is 0 Å². The monoisotopic (exact) mass is 406 g/mol. The molecule has 8 nitrogen and oxygen atoms in total. The molecule has 28 heavy (non-hydrogen) atoms. The Bertz CT molecular complexity index is 780. The van der Waals surface area contributed by atoms with Crippen molar-refractivity contribution in [3.63, 3.8) is 0 Å². The highest BCUT2D eigenvalue weighted by Crippen LogP contribution is 2.26. The number of nitrogens with zero attached hydrogens (tertiary/aromatic N) is 4. The van der Waals surface area contributed by atoms with Crippen molar-refractivity contribution in [2.24, 2.45) is 21.8 Å². The molecule has 0 aromatic carbocycles. The highest BCUT2D eigenvalue weighted by molar-refractivity contribution is 8.14. The number of fused-ring (bicyclic) bond motifs is 1. The van der Waals surface area contributed by atoms with Gasteiger partial charge < -0.3 is 5.32 Å². The zero-order valence-electron chi connectivity index (χ0n) is 16.9. The molecule has 0 aromatic heterocycles. The Hall–Kier alpha value is -2.03. The Morgan fingerprint density at radius 1 is 1.25 bits per heavy atom. The number of aliphatic imine (C=N–C) groups is 2. The van der Waals surface area contributed by atoms with Crippen molar-refractivity contribution >= 4 is 46.3 Å². The summed E-state index contributed by atoms with van der Waals surface area (Å²) in [6, 6.07) is -0.166. The van der Waals surface area contributed by atoms with Gasteiger partial charge in [-0.2, -0.15) is 9.48 Å². The Kier molecular flexibility index (Phi) is 6.32. The number of amides is 4. The number of hydrogen-bond donors (Lipinski definition) is 1. The lowest BCUT2D eigenvalue weighted by molar-refractivity contribution is -0.407. The molecule has 1 aliphatic carbocycles. The molecule has 0 bridgehead atoms. The van der Waals surface area contributed by atoms with Gasteiger partial charge >= 0.3 is 11.9 Å². The third-order valence-corrected chi connectivity index (χ3v) is 6.32. The lowest BCUT2D eigenvalue weighted by atomic mass is 9.95. The fraction of sp³-hybridized carbons (Fsp3) is 0.684. The van der Waals surface area contributed by atoms with Gasteiger partial charge in [0.15, 0.2) is 5.92 Å². The first-order chi connectivity index (χ1) is 13.3. The highest BCUT2D eigenvalue weighted by atomic mass is 32.2. The standard InChI is InChI=1S/C19H27N5O3S/c1-11(2)15-21-16-14(18(26)24(4)19(27)23(16)3)17(22-15)28-10-13(25)20-12-8-6-5-7-9-12/h11-12,14H,5-10H2,1-4H3/p+1. The maximum absolute atomic E-state index is 12.8. The fourth-order valence-electron chi connectivity index (χ4n) is 3.62. The molecule has 0 spiro atoms. The van der Waals surface area contributed by atoms with Crippen molar-refractivity contribution in [1.82, 2.24) is 10.2 Å². The Labute approximate surface area is 169 Å². The summed E-state index contributed by atoms with van der Waals surface area (Å²) >= 11 is 1.26. The van der Waals surface area contributed by atoms with E-state index in [1.807, 2.05) is 13.8 Å². The first-order valence-electron chi connectivity index (χ1n) is 9.81. The second-order valence-electron chi connectivity index (χ2n) is 7.80. The lowest BCUT2D eigenvalue weighted by Gasteiger charge is -2.27. The average Bonchev–Trinajstić information content (AvgIpc) is 2.69. The average molecular weight is 407 g/mol. The van der Waals surface area contributed by atoms with E-state index in [1.54, 1.807) is 7.05 Å². The molecule has 1 N–H and O–H groups in total. The van der Waals surface area contributed by atoms with Crippen molar-refractivity contribution in [3.8, 4) is 0 Å². The number of carbonyl (C=O) groups excluding carboxylic acids is 3. The van der Waals surface area contributed by atoms with Gasteiger partial charge in [0.05, 0.1) is 19.8 Å². The molecular formula is C19H28N5O3S+. The van der Waals surface area contributed by atoms with E-state index in [4.69, 9.17) is 0 Å². The largest absolute Gasteiger partial charge is 0.445 e. The third kappa shape index (κ3) is 4.19. The second kappa shape index (κ2) is 8.55. The number of imide groups is 1. The molecule has 1 fully saturated rings. The third-order valence-electron chi connectivity index (χ3n) is 5.29. The van der Waals surface area contributed by atoms with Crippen LogP contribution in [0.25, 0.3) is 0 Å². The van der Waals surface area contributed by atoms with Crippen LogP contribution in [0.2, 0.25) is 0 Å². The molecule has 2 heterocycles. The summed E-state index contributed by atoms with van der Waals surface area (Å²) in [6.07, 6.45) is 5.59. The van der Waals surface area contributed by atoms with Crippen molar-refractivity contribution in [2.45, 2.75) is 52.0 Å². The van der Waals surface area contributed by atoms with Gasteiger partial charge in [0.2, 0.25) is 11.7 Å². The SMILES string of the molecule is CC(C)C1=NC2=[N+](C)C(=O)N(C)C(=O)C2C(SCC(=O)NC2CCCCC2)=N1. The minimum absolute atomic E-state index is 0.0402. The topological polar surface area (TPSA) is 94.2 Å². The summed E-state index contributed by atoms with van der Waals surface area (Å²) in [5, 5.41) is 3.62. The van der Waals surface area contributed by atoms with Crippen LogP contribution in [-0.2, 0) is 9.59 Å². The zero-order valence-corrected chi connectivity index (χ0v) is 17.7. The van der Waals surface area contributed by atoms with Crippen LogP contribution in [0.1, 0.15) is 46.0 Å². The second-order valence-corrected chi connectivity index (χ2v) is 8.79. The molecule has 3 aliphatic rings. The number of hydrogen-bond acceptors (Lipinski definition) is 6. The van der Waals surface area contributed by atoms with E-state index in [0.29, 0.717) is 16.7 Å². The van der Waals surface area contributed by atoms with Gasteiger partial charge in [0.1, 0.15) is 5.04 Å². The lowest BCUT2D eigenvalue weighted by Crippen LogP contribution is -2.55. The molecule has 4 amide bonds. The minimum Gasteiger partial charge on any atom is -0.353 e. The van der Waals surface area contributed by atoms with Crippen LogP contribution in [0, 0.1) is 11.8 Å². The Morgan fingerprint density at radius 2 is 1.93 bits per heavy atom. The van der Waals surface area contributed by atoms with Crippen molar-refractivity contribution in [1.29, 1.82) is 0 Å². The van der Waals surface area contributed by atoms with E-state index < -0.39 is 11.9 Å². The summed E-state index contributed by atoms with van der Waals surface area (Å²) in [5.41, 5.74) is 0. The van der Waals surface area contributed by atoms with Crippen LogP contribution in [0.15, 0.2) is 9.98 Å². The van der Waals surface area contributed by atoms with Crippen molar-refractivity contribution in [2.75, 3.05) is 19.8 Å². The molecule has 152 valence electrons. The van der Waals surface area contributed by atoms with Crippen molar-refractivity contribution in [3.05, 3.63) is 0 Å². The normalized spacial score (nSPS) is 23.6. The Morgan fingerprint density at radius 3 is 2.57 bits per heavy atom. The summed E-state index contributed by atoms with van der Waals surface area (Å²) < 4.78 is 1.39. The summed E-state index contributed by atoms with van der Waals surface area (Å²) in [4.78, 5) is 47.6. The summed E-state index contributed by atoms with van der Waals surface area (Å²) in [5.74, 6) is 0.0555. The molecule has 9 heteroatoms. The molecule has 2 aliphatic heterocycles. The van der Waals surface area contributed by atoms with Crippen LogP contribution < -0.4 is 5.32 Å². The molecule has 1 unspecified atom stereocenters. The molecule has 0 radical (unpaired) electrons. The van der Waals surface area contributed by atoms with Crippen LogP contribution in [0.3, 0.4) is 0 Å². The van der Waals surface area contributed by atoms with Crippen LogP contribution in [0.4, 0.5) is 4.79 Å². The Balaban J connectivity index is 1.78. The maximum atomic E-state index is 12.8. The molecule has 3 rings (SSSR count). The molecule has 0 saturated heterocycles. The molecular weight excluding hydrogens is 378 g/mol. The van der Waals surface area contributed by atoms with Gasteiger partial charge in [-0.1, -0.05) is 49.9 Å². The first kappa shape index (κ1) is 20.7. The maximum Gasteiger partial charge on any atom is 0.445 e. The van der Waals surface area contributed by atoms with E-state index in [9.17, 15) is 14.4 Å². The highest BCUT2D eigenvalue weighted by Gasteiger charge is 2.49. The van der Waals surface area contributed by atoms with E-state index in [2.05, 4.69) is 15.3 Å². The molecule has 0 aromatic rings. The van der Waals surface area contributed by atoms with Gasteiger partial charge in [-0.05, 0) is 12.8 Å². The summed E-state index contributed by atoms with van der Waals surface area (Å²) in [7, 11) is 3.07. The number of rotatable bonds is 4. The number of nitrogens with one attached hydrogen (secondary N) is 1. The van der Waals surface area contributed by atoms with E-state index >= 15 is 0 Å². The van der Waals surface area contributed by atoms with Gasteiger partial charge in [-0.3, -0.25) is 9.59 Å². The quantitative estimate of drug-likeness (QED) is 0.721. The number of carbonyl (C=O) groups is 3. The van der Waals surface area contributed by atoms with Gasteiger partial charge in [0, 0.05) is 12.0 Å². The molecule has 1 atom stereocenters. The van der Waals surface area contributed by atoms with Crippen LogP contribution >= 0.6 is 11.8 Å². The minimum atomic E-state index is -0.734. The van der Waals surface area contributed by atoms with Gasteiger partial charge in [-0.25, -0.2) is 9.79 Å². The fourth-order valence-corrected chi connectivity index (χ4v) is 4.51. The first-order valence-corrected chi connectivity index (χ1v) is 10.8. The zero-order chi connectivity index (χ0) is 20.4. The smallest absolute Gasteiger partial charge is 0.353 e. The number of urea groups is 1. The predicted molar refractivity (Wildman–Crippen MR) is 110 cm³/mol. The van der Waals surface area contributed by atoms with E-state index in [1.165, 1.54) is 29.8 Å². The van der Waals surface area contributed by atoms with Gasteiger partial charge in [-0.15, -0.1) is 0 Å². The number of thioether (sulfide) groups is 1. The van der Waals surface area contributed by atoms with Crippen molar-refractivity contribution < 1.29 is 19.0 Å². The number of amidine groups is 2.